The molecule has 0 amide bonds. The molecule has 32 heavy (non-hydrogen) atoms. The standard InChI is InChI=1S/C26H26N2O2S2/c1-17(2)21-13-20-22(15-30-21)32-24-23(20)25(29)28(14-18-9-5-3-6-10-18)26(27-24)31-16-19-11-7-4-8-12-19/h3-12,17,21H,13-16H2,1-2H3. The third-order valence-electron chi connectivity index (χ3n) is 5.93. The first kappa shape index (κ1) is 21.4. The van der Waals surface area contributed by atoms with Crippen molar-refractivity contribution in [3.8, 4) is 0 Å². The summed E-state index contributed by atoms with van der Waals surface area (Å²) in [5.41, 5.74) is 3.53. The van der Waals surface area contributed by atoms with Gasteiger partial charge in [0.15, 0.2) is 5.16 Å². The number of rotatable bonds is 6. The van der Waals surface area contributed by atoms with E-state index in [4.69, 9.17) is 9.72 Å². The Labute approximate surface area is 196 Å². The molecule has 1 unspecified atom stereocenters. The zero-order valence-electron chi connectivity index (χ0n) is 18.3. The van der Waals surface area contributed by atoms with Gasteiger partial charge in [-0.15, -0.1) is 11.3 Å². The van der Waals surface area contributed by atoms with E-state index in [1.807, 2.05) is 41.0 Å². The van der Waals surface area contributed by atoms with Gasteiger partial charge in [-0.2, -0.15) is 0 Å². The molecule has 0 saturated heterocycles. The van der Waals surface area contributed by atoms with Gasteiger partial charge in [0.25, 0.3) is 5.56 Å². The Bertz CT molecular complexity index is 1280. The molecular weight excluding hydrogens is 436 g/mol. The average Bonchev–Trinajstić information content (AvgIpc) is 3.19. The second-order valence-electron chi connectivity index (χ2n) is 8.53. The van der Waals surface area contributed by atoms with Crippen LogP contribution >= 0.6 is 23.1 Å². The molecule has 0 radical (unpaired) electrons. The van der Waals surface area contributed by atoms with E-state index >= 15 is 0 Å². The molecule has 1 aliphatic heterocycles. The van der Waals surface area contributed by atoms with Gasteiger partial charge in [0.2, 0.25) is 0 Å². The maximum atomic E-state index is 13.9. The molecule has 1 atom stereocenters. The average molecular weight is 463 g/mol. The minimum absolute atomic E-state index is 0.0660. The van der Waals surface area contributed by atoms with Crippen molar-refractivity contribution in [1.29, 1.82) is 0 Å². The van der Waals surface area contributed by atoms with Crippen molar-refractivity contribution >= 4 is 33.3 Å². The van der Waals surface area contributed by atoms with Crippen LogP contribution in [-0.4, -0.2) is 15.7 Å². The molecule has 4 nitrogen and oxygen atoms in total. The van der Waals surface area contributed by atoms with Crippen LogP contribution in [-0.2, 0) is 30.1 Å². The van der Waals surface area contributed by atoms with Crippen molar-refractivity contribution in [3.63, 3.8) is 0 Å². The Kier molecular flexibility index (Phi) is 6.17. The van der Waals surface area contributed by atoms with Crippen LogP contribution in [0.1, 0.15) is 35.4 Å². The summed E-state index contributed by atoms with van der Waals surface area (Å²) >= 11 is 3.24. The summed E-state index contributed by atoms with van der Waals surface area (Å²) in [6, 6.07) is 20.5. The number of fused-ring (bicyclic) bond motifs is 3. The fourth-order valence-electron chi connectivity index (χ4n) is 4.11. The quantitative estimate of drug-likeness (QED) is 0.264. The van der Waals surface area contributed by atoms with Gasteiger partial charge in [0, 0.05) is 17.1 Å². The second kappa shape index (κ2) is 9.22. The lowest BCUT2D eigenvalue weighted by Crippen LogP contribution is -2.28. The summed E-state index contributed by atoms with van der Waals surface area (Å²) < 4.78 is 7.92. The first-order valence-electron chi connectivity index (χ1n) is 11.0. The van der Waals surface area contributed by atoms with Gasteiger partial charge < -0.3 is 4.74 Å². The highest BCUT2D eigenvalue weighted by Crippen LogP contribution is 2.36. The molecule has 2 aromatic carbocycles. The van der Waals surface area contributed by atoms with Crippen molar-refractivity contribution in [3.05, 3.63) is 92.6 Å². The largest absolute Gasteiger partial charge is 0.372 e. The van der Waals surface area contributed by atoms with Crippen LogP contribution in [0.3, 0.4) is 0 Å². The van der Waals surface area contributed by atoms with E-state index in [-0.39, 0.29) is 11.7 Å². The first-order chi connectivity index (χ1) is 15.6. The maximum Gasteiger partial charge on any atom is 0.263 e. The smallest absolute Gasteiger partial charge is 0.263 e. The van der Waals surface area contributed by atoms with E-state index in [0.29, 0.717) is 19.1 Å². The lowest BCUT2D eigenvalue weighted by Gasteiger charge is -2.26. The van der Waals surface area contributed by atoms with Crippen molar-refractivity contribution in [2.45, 2.75) is 50.4 Å². The number of ether oxygens (including phenoxy) is 1. The Balaban J connectivity index is 1.59. The Morgan fingerprint density at radius 2 is 1.78 bits per heavy atom. The first-order valence-corrected chi connectivity index (χ1v) is 12.8. The van der Waals surface area contributed by atoms with E-state index < -0.39 is 0 Å². The summed E-state index contributed by atoms with van der Waals surface area (Å²) in [6.45, 7) is 5.45. The Morgan fingerprint density at radius 1 is 1.09 bits per heavy atom. The number of thiophene rings is 1. The normalized spacial score (nSPS) is 15.9. The van der Waals surface area contributed by atoms with Gasteiger partial charge in [0.05, 0.1) is 24.6 Å². The molecule has 3 heterocycles. The van der Waals surface area contributed by atoms with Crippen LogP contribution in [0.2, 0.25) is 0 Å². The Morgan fingerprint density at radius 3 is 2.47 bits per heavy atom. The molecule has 6 heteroatoms. The topological polar surface area (TPSA) is 44.1 Å². The molecule has 0 fully saturated rings. The predicted molar refractivity (Wildman–Crippen MR) is 133 cm³/mol. The lowest BCUT2D eigenvalue weighted by atomic mass is 9.96. The number of aromatic nitrogens is 2. The van der Waals surface area contributed by atoms with Crippen molar-refractivity contribution in [2.24, 2.45) is 5.92 Å². The van der Waals surface area contributed by atoms with Gasteiger partial charge in [-0.1, -0.05) is 86.3 Å². The van der Waals surface area contributed by atoms with Gasteiger partial charge >= 0.3 is 0 Å². The van der Waals surface area contributed by atoms with Crippen molar-refractivity contribution in [1.82, 2.24) is 9.55 Å². The van der Waals surface area contributed by atoms with Gasteiger partial charge in [-0.3, -0.25) is 9.36 Å². The molecule has 0 bridgehead atoms. The SMILES string of the molecule is CC(C)C1Cc2c(sc3nc(SCc4ccccc4)n(Cc4ccccc4)c(=O)c23)CO1. The third-order valence-corrected chi connectivity index (χ3v) is 8.08. The predicted octanol–water partition coefficient (Wildman–Crippen LogP) is 5.90. The Hall–Kier alpha value is -2.41. The van der Waals surface area contributed by atoms with E-state index in [1.165, 1.54) is 5.56 Å². The number of hydrogen-bond acceptors (Lipinski definition) is 5. The van der Waals surface area contributed by atoms with E-state index in [0.717, 1.165) is 43.6 Å². The minimum Gasteiger partial charge on any atom is -0.372 e. The maximum absolute atomic E-state index is 13.9. The summed E-state index contributed by atoms with van der Waals surface area (Å²) in [5.74, 6) is 1.19. The van der Waals surface area contributed by atoms with Crippen LogP contribution in [0.4, 0.5) is 0 Å². The number of benzene rings is 2. The number of thioether (sulfide) groups is 1. The van der Waals surface area contributed by atoms with Gasteiger partial charge in [-0.25, -0.2) is 4.98 Å². The molecule has 1 aliphatic rings. The zero-order valence-corrected chi connectivity index (χ0v) is 19.9. The highest BCUT2D eigenvalue weighted by molar-refractivity contribution is 7.98. The molecule has 4 aromatic rings. The van der Waals surface area contributed by atoms with Gasteiger partial charge in [-0.05, 0) is 22.6 Å². The zero-order chi connectivity index (χ0) is 22.1. The second-order valence-corrected chi connectivity index (χ2v) is 10.6. The summed E-state index contributed by atoms with van der Waals surface area (Å²) in [5, 5.41) is 1.56. The van der Waals surface area contributed by atoms with Crippen LogP contribution in [0.25, 0.3) is 10.2 Å². The molecule has 0 N–H and O–H groups in total. The minimum atomic E-state index is 0.0660. The molecule has 0 spiro atoms. The van der Waals surface area contributed by atoms with E-state index in [1.54, 1.807) is 23.1 Å². The number of nitrogens with zero attached hydrogens (tertiary/aromatic N) is 2. The van der Waals surface area contributed by atoms with Crippen LogP contribution in [0, 0.1) is 5.92 Å². The monoisotopic (exact) mass is 462 g/mol. The molecular formula is C26H26N2O2S2. The fourth-order valence-corrected chi connectivity index (χ4v) is 6.23. The lowest BCUT2D eigenvalue weighted by molar-refractivity contribution is 0.00200. The summed E-state index contributed by atoms with van der Waals surface area (Å²) in [7, 11) is 0. The highest BCUT2D eigenvalue weighted by atomic mass is 32.2. The van der Waals surface area contributed by atoms with Crippen LogP contribution < -0.4 is 5.56 Å². The van der Waals surface area contributed by atoms with Crippen molar-refractivity contribution in [2.75, 3.05) is 0 Å². The molecule has 0 aliphatic carbocycles. The fraction of sp³-hybridized carbons (Fsp3) is 0.308. The molecule has 2 aromatic heterocycles. The van der Waals surface area contributed by atoms with Crippen LogP contribution in [0.15, 0.2) is 70.6 Å². The van der Waals surface area contributed by atoms with Crippen molar-refractivity contribution < 1.29 is 4.74 Å². The number of hydrogen-bond donors (Lipinski definition) is 0. The summed E-state index contributed by atoms with van der Waals surface area (Å²) in [4.78, 5) is 20.9. The molecule has 5 rings (SSSR count). The van der Waals surface area contributed by atoms with Gasteiger partial charge in [0.1, 0.15) is 4.83 Å². The van der Waals surface area contributed by atoms with E-state index in [2.05, 4.69) is 38.1 Å². The van der Waals surface area contributed by atoms with Crippen LogP contribution in [0.5, 0.6) is 0 Å². The highest BCUT2D eigenvalue weighted by Gasteiger charge is 2.28. The van der Waals surface area contributed by atoms with E-state index in [9.17, 15) is 4.79 Å². The molecule has 164 valence electrons. The molecule has 0 saturated carbocycles. The third kappa shape index (κ3) is 4.27. The summed E-state index contributed by atoms with van der Waals surface area (Å²) in [6.07, 6.45) is 0.931.